The molecule has 1 fully saturated rings. The van der Waals surface area contributed by atoms with Crippen molar-refractivity contribution < 1.29 is 18.8 Å². The van der Waals surface area contributed by atoms with E-state index >= 15 is 0 Å². The normalized spacial score (nSPS) is 19.4. The SMILES string of the molecule is CN(CC1COc2ccccc2O1)C(=O)c1cc(C2CC2)on1. The number of hydrogen-bond donors (Lipinski definition) is 0. The van der Waals surface area contributed by atoms with Gasteiger partial charge in [0, 0.05) is 19.0 Å². The molecule has 2 heterocycles. The Kier molecular flexibility index (Phi) is 3.44. The number of carbonyl (C=O) groups excluding carboxylic acids is 1. The van der Waals surface area contributed by atoms with E-state index in [2.05, 4.69) is 5.16 Å². The van der Waals surface area contributed by atoms with E-state index in [1.165, 1.54) is 0 Å². The molecule has 120 valence electrons. The molecule has 6 nitrogen and oxygen atoms in total. The van der Waals surface area contributed by atoms with Crippen LogP contribution in [0, 0.1) is 0 Å². The molecule has 2 aromatic rings. The highest BCUT2D eigenvalue weighted by atomic mass is 16.6. The zero-order valence-corrected chi connectivity index (χ0v) is 12.9. The van der Waals surface area contributed by atoms with Crippen LogP contribution in [0.2, 0.25) is 0 Å². The fraction of sp³-hybridized carbons (Fsp3) is 0.412. The van der Waals surface area contributed by atoms with Crippen molar-refractivity contribution in [3.8, 4) is 11.5 Å². The molecule has 1 aliphatic carbocycles. The number of rotatable bonds is 4. The first kappa shape index (κ1) is 14.1. The van der Waals surface area contributed by atoms with E-state index in [4.69, 9.17) is 14.0 Å². The molecule has 1 aliphatic heterocycles. The van der Waals surface area contributed by atoms with Crippen LogP contribution in [-0.2, 0) is 0 Å². The van der Waals surface area contributed by atoms with E-state index in [0.717, 1.165) is 24.4 Å². The largest absolute Gasteiger partial charge is 0.486 e. The molecule has 6 heteroatoms. The highest BCUT2D eigenvalue weighted by molar-refractivity contribution is 5.92. The molecule has 1 aromatic heterocycles. The van der Waals surface area contributed by atoms with Crippen molar-refractivity contribution in [3.63, 3.8) is 0 Å². The van der Waals surface area contributed by atoms with Gasteiger partial charge in [0.25, 0.3) is 5.91 Å². The summed E-state index contributed by atoms with van der Waals surface area (Å²) in [6.07, 6.45) is 2.03. The second kappa shape index (κ2) is 5.61. The molecule has 0 radical (unpaired) electrons. The van der Waals surface area contributed by atoms with Crippen LogP contribution >= 0.6 is 0 Å². The van der Waals surface area contributed by atoms with Crippen LogP contribution in [0.5, 0.6) is 11.5 Å². The average molecular weight is 314 g/mol. The highest BCUT2D eigenvalue weighted by Gasteiger charge is 2.30. The van der Waals surface area contributed by atoms with Gasteiger partial charge in [-0.25, -0.2) is 0 Å². The van der Waals surface area contributed by atoms with Crippen LogP contribution in [-0.4, -0.2) is 42.3 Å². The van der Waals surface area contributed by atoms with Gasteiger partial charge in [0.15, 0.2) is 23.3 Å². The molecule has 23 heavy (non-hydrogen) atoms. The summed E-state index contributed by atoms with van der Waals surface area (Å²) in [5.74, 6) is 2.54. The van der Waals surface area contributed by atoms with Crippen molar-refractivity contribution in [1.29, 1.82) is 0 Å². The van der Waals surface area contributed by atoms with Crippen LogP contribution in [0.3, 0.4) is 0 Å². The van der Waals surface area contributed by atoms with Gasteiger partial charge in [-0.3, -0.25) is 4.79 Å². The van der Waals surface area contributed by atoms with Crippen molar-refractivity contribution >= 4 is 5.91 Å². The number of fused-ring (bicyclic) bond motifs is 1. The number of nitrogens with zero attached hydrogens (tertiary/aromatic N) is 2. The number of benzene rings is 1. The number of ether oxygens (including phenoxy) is 2. The fourth-order valence-corrected chi connectivity index (χ4v) is 2.69. The van der Waals surface area contributed by atoms with Crippen molar-refractivity contribution in [2.24, 2.45) is 0 Å². The summed E-state index contributed by atoms with van der Waals surface area (Å²) in [6, 6.07) is 9.29. The standard InChI is InChI=1S/C17H18N2O4/c1-19(17(20)13-8-16(23-18-13)11-6-7-11)9-12-10-21-14-4-2-3-5-15(14)22-12/h2-5,8,11-12H,6-7,9-10H2,1H3. The molecule has 0 bridgehead atoms. The Labute approximate surface area is 134 Å². The first-order chi connectivity index (χ1) is 11.2. The number of hydrogen-bond acceptors (Lipinski definition) is 5. The molecule has 1 aromatic carbocycles. The minimum Gasteiger partial charge on any atom is -0.486 e. The highest BCUT2D eigenvalue weighted by Crippen LogP contribution is 2.40. The molecule has 1 amide bonds. The predicted molar refractivity (Wildman–Crippen MR) is 81.8 cm³/mol. The zero-order valence-electron chi connectivity index (χ0n) is 12.9. The first-order valence-corrected chi connectivity index (χ1v) is 7.81. The van der Waals surface area contributed by atoms with E-state index < -0.39 is 0 Å². The maximum Gasteiger partial charge on any atom is 0.275 e. The first-order valence-electron chi connectivity index (χ1n) is 7.81. The summed E-state index contributed by atoms with van der Waals surface area (Å²) in [4.78, 5) is 14.0. The number of aromatic nitrogens is 1. The van der Waals surface area contributed by atoms with Gasteiger partial charge < -0.3 is 18.9 Å². The molecule has 4 rings (SSSR count). The van der Waals surface area contributed by atoms with E-state index in [0.29, 0.717) is 30.5 Å². The lowest BCUT2D eigenvalue weighted by Crippen LogP contribution is -2.41. The molecular weight excluding hydrogens is 296 g/mol. The number of likely N-dealkylation sites (N-methyl/N-ethyl adjacent to an activating group) is 1. The molecule has 0 saturated heterocycles. The second-order valence-electron chi connectivity index (χ2n) is 6.07. The van der Waals surface area contributed by atoms with Crippen LogP contribution in [0.15, 0.2) is 34.9 Å². The summed E-state index contributed by atoms with van der Waals surface area (Å²) >= 11 is 0. The van der Waals surface area contributed by atoms with E-state index in [1.54, 1.807) is 18.0 Å². The minimum absolute atomic E-state index is 0.164. The Hall–Kier alpha value is -2.50. The van der Waals surface area contributed by atoms with E-state index in [9.17, 15) is 4.79 Å². The molecule has 1 unspecified atom stereocenters. The van der Waals surface area contributed by atoms with Crippen LogP contribution in [0.4, 0.5) is 0 Å². The lowest BCUT2D eigenvalue weighted by Gasteiger charge is -2.29. The third-order valence-corrected chi connectivity index (χ3v) is 4.12. The van der Waals surface area contributed by atoms with Gasteiger partial charge in [-0.2, -0.15) is 0 Å². The monoisotopic (exact) mass is 314 g/mol. The Balaban J connectivity index is 1.39. The van der Waals surface area contributed by atoms with Crippen LogP contribution < -0.4 is 9.47 Å². The summed E-state index contributed by atoms with van der Waals surface area (Å²) in [5, 5.41) is 3.89. The lowest BCUT2D eigenvalue weighted by atomic mass is 10.2. The van der Waals surface area contributed by atoms with Gasteiger partial charge in [0.05, 0.1) is 6.54 Å². The van der Waals surface area contributed by atoms with Gasteiger partial charge in [0.1, 0.15) is 12.4 Å². The van der Waals surface area contributed by atoms with E-state index in [1.807, 2.05) is 24.3 Å². The maximum absolute atomic E-state index is 12.4. The van der Waals surface area contributed by atoms with Gasteiger partial charge in [-0.1, -0.05) is 17.3 Å². The van der Waals surface area contributed by atoms with Crippen molar-refractivity contribution in [3.05, 3.63) is 41.8 Å². The summed E-state index contributed by atoms with van der Waals surface area (Å²) in [5.41, 5.74) is 0.353. The molecule has 2 aliphatic rings. The predicted octanol–water partition coefficient (Wildman–Crippen LogP) is 2.46. The van der Waals surface area contributed by atoms with Gasteiger partial charge in [-0.05, 0) is 25.0 Å². The lowest BCUT2D eigenvalue weighted by molar-refractivity contribution is 0.0514. The number of para-hydroxylation sites is 2. The van der Waals surface area contributed by atoms with E-state index in [-0.39, 0.29) is 12.0 Å². The summed E-state index contributed by atoms with van der Waals surface area (Å²) < 4.78 is 16.8. The molecule has 1 saturated carbocycles. The summed E-state index contributed by atoms with van der Waals surface area (Å²) in [7, 11) is 1.73. The van der Waals surface area contributed by atoms with Crippen LogP contribution in [0.25, 0.3) is 0 Å². The molecule has 0 N–H and O–H groups in total. The third kappa shape index (κ3) is 2.88. The topological polar surface area (TPSA) is 64.8 Å². The third-order valence-electron chi connectivity index (χ3n) is 4.12. The minimum atomic E-state index is -0.200. The van der Waals surface area contributed by atoms with Gasteiger partial charge in [-0.15, -0.1) is 0 Å². The average Bonchev–Trinajstić information content (AvgIpc) is 3.31. The Bertz CT molecular complexity index is 723. The number of carbonyl (C=O) groups is 1. The molecular formula is C17H18N2O4. The maximum atomic E-state index is 12.4. The molecule has 1 atom stereocenters. The number of amides is 1. The Morgan fingerprint density at radius 1 is 1.30 bits per heavy atom. The Morgan fingerprint density at radius 3 is 2.87 bits per heavy atom. The quantitative estimate of drug-likeness (QED) is 0.867. The smallest absolute Gasteiger partial charge is 0.275 e. The van der Waals surface area contributed by atoms with Crippen molar-refractivity contribution in [2.45, 2.75) is 24.9 Å². The second-order valence-corrected chi connectivity index (χ2v) is 6.07. The fourth-order valence-electron chi connectivity index (χ4n) is 2.69. The summed E-state index contributed by atoms with van der Waals surface area (Å²) in [6.45, 7) is 0.847. The molecule has 0 spiro atoms. The van der Waals surface area contributed by atoms with Crippen molar-refractivity contribution in [2.75, 3.05) is 20.2 Å². The zero-order chi connectivity index (χ0) is 15.8. The van der Waals surface area contributed by atoms with Gasteiger partial charge >= 0.3 is 0 Å². The van der Waals surface area contributed by atoms with Gasteiger partial charge in [0.2, 0.25) is 0 Å². The Morgan fingerprint density at radius 2 is 2.09 bits per heavy atom. The van der Waals surface area contributed by atoms with Crippen LogP contribution in [0.1, 0.15) is 35.0 Å². The van der Waals surface area contributed by atoms with Crippen molar-refractivity contribution in [1.82, 2.24) is 10.1 Å².